The minimum absolute atomic E-state index is 0.190. The molecule has 0 saturated heterocycles. The fourth-order valence-electron chi connectivity index (χ4n) is 2.09. The highest BCUT2D eigenvalue weighted by molar-refractivity contribution is 5.89. The number of halogens is 1. The summed E-state index contributed by atoms with van der Waals surface area (Å²) in [5.41, 5.74) is 1.06. The van der Waals surface area contributed by atoms with Gasteiger partial charge in [-0.15, -0.1) is 0 Å². The number of nitrogens with one attached hydrogen (secondary N) is 1. The van der Waals surface area contributed by atoms with E-state index in [9.17, 15) is 14.4 Å². The van der Waals surface area contributed by atoms with E-state index < -0.39 is 0 Å². The average molecular weight is 291 g/mol. The molecule has 5 heteroatoms. The van der Waals surface area contributed by atoms with E-state index in [4.69, 9.17) is 0 Å². The van der Waals surface area contributed by atoms with E-state index in [2.05, 4.69) is 9.97 Å². The molecule has 4 nitrogen and oxygen atoms in total. The molecule has 1 N–H and O–H groups in total. The molecule has 0 unspecified atom stereocenters. The average Bonchev–Trinajstić information content (AvgIpc) is 2.54. The molecule has 0 radical (unpaired) electrons. The van der Waals surface area contributed by atoms with Crippen LogP contribution in [0, 0.1) is 17.1 Å². The molecule has 0 spiro atoms. The Morgan fingerprint density at radius 1 is 1.18 bits per heavy atom. The van der Waals surface area contributed by atoms with E-state index in [0.717, 1.165) is 0 Å². The van der Waals surface area contributed by atoms with Crippen LogP contribution < -0.4 is 5.56 Å². The molecule has 1 heterocycles. The second-order valence-corrected chi connectivity index (χ2v) is 4.65. The minimum Gasteiger partial charge on any atom is -0.305 e. The number of rotatable bonds is 2. The number of nitriles is 1. The van der Waals surface area contributed by atoms with Gasteiger partial charge in [-0.25, -0.2) is 9.37 Å². The second kappa shape index (κ2) is 5.62. The Bertz CT molecular complexity index is 966. The van der Waals surface area contributed by atoms with Gasteiger partial charge in [0.05, 0.1) is 16.5 Å². The lowest BCUT2D eigenvalue weighted by molar-refractivity contribution is 0.628. The number of nitrogens with zero attached hydrogens (tertiary/aromatic N) is 2. The van der Waals surface area contributed by atoms with Crippen molar-refractivity contribution in [1.82, 2.24) is 9.97 Å². The molecule has 3 rings (SSSR count). The van der Waals surface area contributed by atoms with Crippen LogP contribution in [0.15, 0.2) is 53.3 Å². The van der Waals surface area contributed by atoms with Crippen molar-refractivity contribution in [3.63, 3.8) is 0 Å². The first kappa shape index (κ1) is 13.7. The van der Waals surface area contributed by atoms with Crippen LogP contribution in [0.4, 0.5) is 4.39 Å². The fraction of sp³-hybridized carbons (Fsp3) is 0. The third-order valence-electron chi connectivity index (χ3n) is 3.17. The zero-order valence-corrected chi connectivity index (χ0v) is 11.4. The topological polar surface area (TPSA) is 69.5 Å². The predicted octanol–water partition coefficient (Wildman–Crippen LogP) is 3.13. The van der Waals surface area contributed by atoms with E-state index in [1.165, 1.54) is 12.1 Å². The summed E-state index contributed by atoms with van der Waals surface area (Å²) < 4.78 is 12.9. The summed E-state index contributed by atoms with van der Waals surface area (Å²) >= 11 is 0. The highest BCUT2D eigenvalue weighted by Crippen LogP contribution is 2.16. The van der Waals surface area contributed by atoms with E-state index in [1.807, 2.05) is 6.07 Å². The molecular weight excluding hydrogens is 281 g/mol. The maximum atomic E-state index is 12.9. The van der Waals surface area contributed by atoms with E-state index in [0.29, 0.717) is 16.5 Å². The summed E-state index contributed by atoms with van der Waals surface area (Å²) in [5, 5.41) is 9.77. The van der Waals surface area contributed by atoms with Crippen LogP contribution in [-0.2, 0) is 0 Å². The number of aromatic amines is 1. The van der Waals surface area contributed by atoms with Crippen LogP contribution in [0.2, 0.25) is 0 Å². The molecule has 1 aromatic heterocycles. The van der Waals surface area contributed by atoms with Gasteiger partial charge in [-0.05, 0) is 35.9 Å². The maximum absolute atomic E-state index is 12.9. The van der Waals surface area contributed by atoms with Crippen molar-refractivity contribution in [2.24, 2.45) is 0 Å². The Balaban J connectivity index is 2.13. The van der Waals surface area contributed by atoms with Gasteiger partial charge in [0.25, 0.3) is 5.56 Å². The number of H-pyrrole nitrogens is 1. The SMILES string of the molecule is N#C/C(=C/c1ccc(F)cc1)c1nc2ccccc2c(=O)[nH]1. The number of allylic oxidation sites excluding steroid dienone is 1. The lowest BCUT2D eigenvalue weighted by Crippen LogP contribution is -2.11. The molecule has 0 aliphatic heterocycles. The number of fused-ring (bicyclic) bond motifs is 1. The Morgan fingerprint density at radius 3 is 2.64 bits per heavy atom. The van der Waals surface area contributed by atoms with Crippen LogP contribution in [0.1, 0.15) is 11.4 Å². The third-order valence-corrected chi connectivity index (χ3v) is 3.17. The van der Waals surface area contributed by atoms with Crippen molar-refractivity contribution in [3.8, 4) is 6.07 Å². The summed E-state index contributed by atoms with van der Waals surface area (Å²) in [5.74, 6) is -0.164. The highest BCUT2D eigenvalue weighted by Gasteiger charge is 2.08. The zero-order chi connectivity index (χ0) is 15.5. The normalized spacial score (nSPS) is 11.4. The summed E-state index contributed by atoms with van der Waals surface area (Å²) in [6.45, 7) is 0. The minimum atomic E-state index is -0.354. The van der Waals surface area contributed by atoms with Crippen LogP contribution in [0.25, 0.3) is 22.6 Å². The number of benzene rings is 2. The van der Waals surface area contributed by atoms with Gasteiger partial charge < -0.3 is 4.98 Å². The van der Waals surface area contributed by atoms with Crippen LogP contribution in [0.3, 0.4) is 0 Å². The fourth-order valence-corrected chi connectivity index (χ4v) is 2.09. The molecule has 0 saturated carbocycles. The quantitative estimate of drug-likeness (QED) is 0.737. The van der Waals surface area contributed by atoms with Crippen LogP contribution in [-0.4, -0.2) is 9.97 Å². The molecule has 0 amide bonds. The number of aromatic nitrogens is 2. The molecule has 0 aliphatic carbocycles. The third kappa shape index (κ3) is 2.63. The summed E-state index contributed by atoms with van der Waals surface area (Å²) in [6.07, 6.45) is 1.55. The first-order valence-electron chi connectivity index (χ1n) is 6.54. The molecule has 0 bridgehead atoms. The molecule has 22 heavy (non-hydrogen) atoms. The Labute approximate surface area is 125 Å². The van der Waals surface area contributed by atoms with Gasteiger partial charge in [-0.1, -0.05) is 24.3 Å². The summed E-state index contributed by atoms with van der Waals surface area (Å²) in [6, 6.07) is 14.6. The van der Waals surface area contributed by atoms with Crippen LogP contribution >= 0.6 is 0 Å². The smallest absolute Gasteiger partial charge is 0.259 e. The lowest BCUT2D eigenvalue weighted by Gasteiger charge is -2.02. The number of para-hydroxylation sites is 1. The molecule has 0 atom stereocenters. The van der Waals surface area contributed by atoms with Gasteiger partial charge in [0, 0.05) is 0 Å². The summed E-state index contributed by atoms with van der Waals surface area (Å²) in [4.78, 5) is 18.9. The Kier molecular flexibility index (Phi) is 3.50. The predicted molar refractivity (Wildman–Crippen MR) is 82.2 cm³/mol. The Hall–Kier alpha value is -3.26. The van der Waals surface area contributed by atoms with Gasteiger partial charge in [0.1, 0.15) is 11.9 Å². The number of hydrogen-bond acceptors (Lipinski definition) is 3. The standard InChI is InChI=1S/C17H10FN3O/c18-13-7-5-11(6-8-13)9-12(10-19)16-20-15-4-2-1-3-14(15)17(22)21-16/h1-9H,(H,20,21,22)/b12-9-. The van der Waals surface area contributed by atoms with Gasteiger partial charge in [-0.2, -0.15) is 5.26 Å². The number of hydrogen-bond donors (Lipinski definition) is 1. The molecule has 0 fully saturated rings. The maximum Gasteiger partial charge on any atom is 0.259 e. The Morgan fingerprint density at radius 2 is 1.91 bits per heavy atom. The second-order valence-electron chi connectivity index (χ2n) is 4.65. The van der Waals surface area contributed by atoms with Gasteiger partial charge in [0.2, 0.25) is 0 Å². The largest absolute Gasteiger partial charge is 0.305 e. The molecule has 106 valence electrons. The molecule has 2 aromatic carbocycles. The van der Waals surface area contributed by atoms with Crippen LogP contribution in [0.5, 0.6) is 0 Å². The monoisotopic (exact) mass is 291 g/mol. The highest BCUT2D eigenvalue weighted by atomic mass is 19.1. The van der Waals surface area contributed by atoms with Crippen molar-refractivity contribution in [3.05, 3.63) is 76.1 Å². The van der Waals surface area contributed by atoms with Crippen molar-refractivity contribution in [1.29, 1.82) is 5.26 Å². The summed E-state index contributed by atoms with van der Waals surface area (Å²) in [7, 11) is 0. The van der Waals surface area contributed by atoms with Gasteiger partial charge in [0.15, 0.2) is 5.82 Å². The molecular formula is C17H10FN3O. The zero-order valence-electron chi connectivity index (χ0n) is 11.4. The first-order valence-corrected chi connectivity index (χ1v) is 6.54. The lowest BCUT2D eigenvalue weighted by atomic mass is 10.1. The van der Waals surface area contributed by atoms with Crippen molar-refractivity contribution >= 4 is 22.6 Å². The van der Waals surface area contributed by atoms with E-state index in [1.54, 1.807) is 42.5 Å². The van der Waals surface area contributed by atoms with Crippen molar-refractivity contribution in [2.45, 2.75) is 0 Å². The van der Waals surface area contributed by atoms with E-state index >= 15 is 0 Å². The molecule has 0 aliphatic rings. The van der Waals surface area contributed by atoms with Crippen molar-refractivity contribution in [2.75, 3.05) is 0 Å². The van der Waals surface area contributed by atoms with Gasteiger partial charge >= 0.3 is 0 Å². The van der Waals surface area contributed by atoms with Gasteiger partial charge in [-0.3, -0.25) is 4.79 Å². The van der Waals surface area contributed by atoms with E-state index in [-0.39, 0.29) is 22.8 Å². The first-order chi connectivity index (χ1) is 10.7. The van der Waals surface area contributed by atoms with Crippen molar-refractivity contribution < 1.29 is 4.39 Å². The molecule has 3 aromatic rings.